The van der Waals surface area contributed by atoms with Crippen molar-refractivity contribution >= 4 is 11.0 Å². The number of aromatic nitrogens is 2. The fourth-order valence-electron chi connectivity index (χ4n) is 3.80. The van der Waals surface area contributed by atoms with E-state index in [4.69, 9.17) is 4.98 Å². The van der Waals surface area contributed by atoms with Crippen molar-refractivity contribution in [2.75, 3.05) is 13.1 Å². The zero-order valence-electron chi connectivity index (χ0n) is 15.4. The van der Waals surface area contributed by atoms with E-state index in [-0.39, 0.29) is 5.41 Å². The highest BCUT2D eigenvalue weighted by molar-refractivity contribution is 5.81. The first-order chi connectivity index (χ1) is 12.0. The molecule has 1 N–H and O–H groups in total. The molecule has 130 valence electrons. The maximum atomic E-state index is 4.99. The first-order valence-electron chi connectivity index (χ1n) is 9.32. The molecule has 2 heterocycles. The molecule has 3 nitrogen and oxygen atoms in total. The van der Waals surface area contributed by atoms with Gasteiger partial charge in [0.25, 0.3) is 0 Å². The van der Waals surface area contributed by atoms with Crippen LogP contribution < -0.4 is 5.32 Å². The summed E-state index contributed by atoms with van der Waals surface area (Å²) in [6.07, 6.45) is 2.32. The van der Waals surface area contributed by atoms with Gasteiger partial charge in [-0.15, -0.1) is 0 Å². The highest BCUT2D eigenvalue weighted by atomic mass is 15.1. The number of hydrogen-bond donors (Lipinski definition) is 1. The van der Waals surface area contributed by atoms with Crippen LogP contribution in [-0.4, -0.2) is 22.6 Å². The Morgan fingerprint density at radius 2 is 1.64 bits per heavy atom. The van der Waals surface area contributed by atoms with E-state index in [1.807, 2.05) is 0 Å². The number of hydrogen-bond acceptors (Lipinski definition) is 2. The second-order valence-electron chi connectivity index (χ2n) is 8.10. The lowest BCUT2D eigenvalue weighted by Crippen LogP contribution is -2.29. The van der Waals surface area contributed by atoms with E-state index >= 15 is 0 Å². The minimum atomic E-state index is 0.174. The minimum absolute atomic E-state index is 0.174. The van der Waals surface area contributed by atoms with Gasteiger partial charge in [0.2, 0.25) is 0 Å². The van der Waals surface area contributed by atoms with Gasteiger partial charge in [-0.05, 0) is 49.0 Å². The number of rotatable bonds is 2. The van der Waals surface area contributed by atoms with E-state index in [9.17, 15) is 0 Å². The van der Waals surface area contributed by atoms with E-state index < -0.39 is 0 Å². The van der Waals surface area contributed by atoms with E-state index in [1.165, 1.54) is 16.6 Å². The van der Waals surface area contributed by atoms with Crippen molar-refractivity contribution < 1.29 is 0 Å². The van der Waals surface area contributed by atoms with Gasteiger partial charge in [0, 0.05) is 11.6 Å². The topological polar surface area (TPSA) is 29.9 Å². The predicted molar refractivity (Wildman–Crippen MR) is 105 cm³/mol. The Morgan fingerprint density at radius 1 is 0.960 bits per heavy atom. The molecule has 1 aliphatic rings. The molecule has 3 aromatic rings. The van der Waals surface area contributed by atoms with Crippen molar-refractivity contribution in [1.29, 1.82) is 0 Å². The first-order valence-corrected chi connectivity index (χ1v) is 9.32. The molecule has 0 bridgehead atoms. The molecule has 1 aliphatic heterocycles. The quantitative estimate of drug-likeness (QED) is 0.721. The third-order valence-corrected chi connectivity index (χ3v) is 5.28. The SMILES string of the molecule is CC(C)(C)c1ccc(-c2nc3ccccc3n2C2CCNCC2)cc1. The molecule has 0 unspecified atom stereocenters. The summed E-state index contributed by atoms with van der Waals surface area (Å²) in [5.74, 6) is 1.11. The van der Waals surface area contributed by atoms with Gasteiger partial charge in [-0.3, -0.25) is 0 Å². The van der Waals surface area contributed by atoms with Crippen LogP contribution in [0, 0.1) is 0 Å². The number of nitrogens with one attached hydrogen (secondary N) is 1. The van der Waals surface area contributed by atoms with Crippen LogP contribution in [-0.2, 0) is 5.41 Å². The third-order valence-electron chi connectivity index (χ3n) is 5.28. The van der Waals surface area contributed by atoms with Crippen LogP contribution in [0.3, 0.4) is 0 Å². The van der Waals surface area contributed by atoms with Crippen molar-refractivity contribution in [1.82, 2.24) is 14.9 Å². The molecule has 0 saturated carbocycles. The van der Waals surface area contributed by atoms with Gasteiger partial charge in [-0.25, -0.2) is 4.98 Å². The van der Waals surface area contributed by atoms with Gasteiger partial charge >= 0.3 is 0 Å². The van der Waals surface area contributed by atoms with Gasteiger partial charge in [-0.1, -0.05) is 57.2 Å². The summed E-state index contributed by atoms with van der Waals surface area (Å²) in [5.41, 5.74) is 5.09. The number of imidazole rings is 1. The van der Waals surface area contributed by atoms with Crippen LogP contribution in [0.4, 0.5) is 0 Å². The molecule has 0 amide bonds. The Labute approximate surface area is 150 Å². The van der Waals surface area contributed by atoms with Gasteiger partial charge in [-0.2, -0.15) is 0 Å². The maximum absolute atomic E-state index is 4.99. The van der Waals surface area contributed by atoms with Crippen molar-refractivity contribution in [2.24, 2.45) is 0 Å². The summed E-state index contributed by atoms with van der Waals surface area (Å²) in [4.78, 5) is 4.99. The molecule has 25 heavy (non-hydrogen) atoms. The average molecular weight is 333 g/mol. The van der Waals surface area contributed by atoms with Crippen LogP contribution in [0.2, 0.25) is 0 Å². The lowest BCUT2D eigenvalue weighted by atomic mass is 9.86. The van der Waals surface area contributed by atoms with Crippen LogP contribution in [0.15, 0.2) is 48.5 Å². The highest BCUT2D eigenvalue weighted by Gasteiger charge is 2.22. The number of fused-ring (bicyclic) bond motifs is 1. The Kier molecular flexibility index (Phi) is 4.12. The summed E-state index contributed by atoms with van der Waals surface area (Å²) in [7, 11) is 0. The van der Waals surface area contributed by atoms with Crippen LogP contribution in [0.25, 0.3) is 22.4 Å². The number of para-hydroxylation sites is 2. The van der Waals surface area contributed by atoms with Gasteiger partial charge in [0.05, 0.1) is 11.0 Å². The summed E-state index contributed by atoms with van der Waals surface area (Å²) in [6.45, 7) is 8.93. The van der Waals surface area contributed by atoms with Crippen molar-refractivity contribution in [3.8, 4) is 11.4 Å². The fraction of sp³-hybridized carbons (Fsp3) is 0.409. The second-order valence-corrected chi connectivity index (χ2v) is 8.10. The molecule has 0 spiro atoms. The maximum Gasteiger partial charge on any atom is 0.141 e. The van der Waals surface area contributed by atoms with E-state index in [1.54, 1.807) is 0 Å². The molecular weight excluding hydrogens is 306 g/mol. The molecule has 0 atom stereocenters. The minimum Gasteiger partial charge on any atom is -0.321 e. The number of piperidine rings is 1. The van der Waals surface area contributed by atoms with Crippen molar-refractivity contribution in [3.05, 3.63) is 54.1 Å². The largest absolute Gasteiger partial charge is 0.321 e. The van der Waals surface area contributed by atoms with E-state index in [0.717, 1.165) is 37.3 Å². The molecule has 0 aliphatic carbocycles. The van der Waals surface area contributed by atoms with E-state index in [0.29, 0.717) is 6.04 Å². The molecule has 1 aromatic heterocycles. The monoisotopic (exact) mass is 333 g/mol. The predicted octanol–water partition coefficient (Wildman–Crippen LogP) is 4.93. The number of benzene rings is 2. The Balaban J connectivity index is 1.83. The molecule has 1 saturated heterocycles. The summed E-state index contributed by atoms with van der Waals surface area (Å²) in [5, 5.41) is 3.47. The molecule has 0 radical (unpaired) electrons. The summed E-state index contributed by atoms with van der Waals surface area (Å²) in [6, 6.07) is 18.0. The fourth-order valence-corrected chi connectivity index (χ4v) is 3.80. The highest BCUT2D eigenvalue weighted by Crippen LogP contribution is 2.33. The molecule has 1 fully saturated rings. The standard InChI is InChI=1S/C22H27N3/c1-22(2,3)17-10-8-16(9-11-17)21-24-19-6-4-5-7-20(19)25(21)18-12-14-23-15-13-18/h4-11,18,23H,12-15H2,1-3H3. The number of nitrogens with zero attached hydrogens (tertiary/aromatic N) is 2. The van der Waals surface area contributed by atoms with Crippen LogP contribution in [0.1, 0.15) is 45.2 Å². The smallest absolute Gasteiger partial charge is 0.141 e. The van der Waals surface area contributed by atoms with Crippen LogP contribution >= 0.6 is 0 Å². The molecule has 2 aromatic carbocycles. The molecule has 4 rings (SSSR count). The zero-order valence-corrected chi connectivity index (χ0v) is 15.4. The lowest BCUT2D eigenvalue weighted by Gasteiger charge is -2.26. The summed E-state index contributed by atoms with van der Waals surface area (Å²) >= 11 is 0. The van der Waals surface area contributed by atoms with Gasteiger partial charge in [0.15, 0.2) is 0 Å². The normalized spacial score (nSPS) is 16.4. The first kappa shape index (κ1) is 16.3. The lowest BCUT2D eigenvalue weighted by molar-refractivity contribution is 0.377. The van der Waals surface area contributed by atoms with Gasteiger partial charge < -0.3 is 9.88 Å². The second kappa shape index (κ2) is 6.30. The van der Waals surface area contributed by atoms with Crippen molar-refractivity contribution in [2.45, 2.75) is 45.1 Å². The molecule has 3 heteroatoms. The Morgan fingerprint density at radius 3 is 2.32 bits per heavy atom. The Hall–Kier alpha value is -2.13. The molecular formula is C22H27N3. The van der Waals surface area contributed by atoms with Gasteiger partial charge in [0.1, 0.15) is 5.82 Å². The van der Waals surface area contributed by atoms with Crippen LogP contribution in [0.5, 0.6) is 0 Å². The van der Waals surface area contributed by atoms with E-state index in [2.05, 4.69) is 79.2 Å². The third kappa shape index (κ3) is 3.09. The average Bonchev–Trinajstić information content (AvgIpc) is 3.01. The Bertz CT molecular complexity index is 862. The zero-order chi connectivity index (χ0) is 17.4. The summed E-state index contributed by atoms with van der Waals surface area (Å²) < 4.78 is 2.47. The van der Waals surface area contributed by atoms with Crippen molar-refractivity contribution in [3.63, 3.8) is 0 Å².